The maximum atomic E-state index is 11.7. The summed E-state index contributed by atoms with van der Waals surface area (Å²) in [6.07, 6.45) is 0. The minimum atomic E-state index is -1.03. The molecule has 0 aliphatic rings. The van der Waals surface area contributed by atoms with Crippen LogP contribution in [-0.2, 0) is 14.3 Å². The molecule has 2 N–H and O–H groups in total. The monoisotopic (exact) mass is 265 g/mol. The van der Waals surface area contributed by atoms with Crippen molar-refractivity contribution < 1.29 is 19.4 Å². The zero-order valence-corrected chi connectivity index (χ0v) is 11.3. The molecule has 2 unspecified atom stereocenters. The van der Waals surface area contributed by atoms with E-state index < -0.39 is 24.0 Å². The summed E-state index contributed by atoms with van der Waals surface area (Å²) in [5.41, 5.74) is 0.601. The minimum Gasteiger partial charge on any atom is -0.480 e. The Balaban J connectivity index is 2.95. The van der Waals surface area contributed by atoms with Gasteiger partial charge in [-0.05, 0) is 11.5 Å². The van der Waals surface area contributed by atoms with Gasteiger partial charge in [-0.2, -0.15) is 0 Å². The lowest BCUT2D eigenvalue weighted by Gasteiger charge is -2.24. The lowest BCUT2D eigenvalue weighted by Crippen LogP contribution is -2.45. The van der Waals surface area contributed by atoms with Gasteiger partial charge < -0.3 is 9.84 Å². The van der Waals surface area contributed by atoms with E-state index in [4.69, 9.17) is 4.74 Å². The van der Waals surface area contributed by atoms with E-state index in [2.05, 4.69) is 5.32 Å². The Morgan fingerprint density at radius 2 is 1.79 bits per heavy atom. The van der Waals surface area contributed by atoms with E-state index in [1.807, 2.05) is 19.9 Å². The Morgan fingerprint density at radius 3 is 2.21 bits per heavy atom. The number of ether oxygens (including phenoxy) is 1. The molecule has 0 fully saturated rings. The number of hydrogen-bond acceptors (Lipinski definition) is 4. The number of carbonyl (C=O) groups is 2. The number of aliphatic carboxylic acids is 1. The average Bonchev–Trinajstić information content (AvgIpc) is 2.39. The second-order valence-electron chi connectivity index (χ2n) is 4.59. The van der Waals surface area contributed by atoms with E-state index in [0.29, 0.717) is 5.56 Å². The SMILES string of the molecule is COC(=O)C(NC(C(=O)O)c1ccccc1)C(C)C. The lowest BCUT2D eigenvalue weighted by molar-refractivity contribution is -0.146. The molecule has 1 aromatic rings. The highest BCUT2D eigenvalue weighted by atomic mass is 16.5. The van der Waals surface area contributed by atoms with E-state index in [0.717, 1.165) is 0 Å². The van der Waals surface area contributed by atoms with Gasteiger partial charge in [0.15, 0.2) is 0 Å². The Morgan fingerprint density at radius 1 is 1.21 bits per heavy atom. The van der Waals surface area contributed by atoms with Crippen molar-refractivity contribution in [2.75, 3.05) is 7.11 Å². The standard InChI is InChI=1S/C14H19NO4/c1-9(2)11(14(18)19-3)15-12(13(16)17)10-7-5-4-6-8-10/h4-9,11-12,15H,1-3H3,(H,16,17). The van der Waals surface area contributed by atoms with Gasteiger partial charge in [0.05, 0.1) is 7.11 Å². The van der Waals surface area contributed by atoms with Gasteiger partial charge in [-0.15, -0.1) is 0 Å². The fraction of sp³-hybridized carbons (Fsp3) is 0.429. The molecule has 0 saturated heterocycles. The highest BCUT2D eigenvalue weighted by molar-refractivity contribution is 5.79. The Labute approximate surface area is 112 Å². The third-order valence-corrected chi connectivity index (χ3v) is 2.85. The van der Waals surface area contributed by atoms with Crippen LogP contribution < -0.4 is 5.32 Å². The summed E-state index contributed by atoms with van der Waals surface area (Å²) in [6.45, 7) is 3.66. The summed E-state index contributed by atoms with van der Waals surface area (Å²) in [4.78, 5) is 23.0. The van der Waals surface area contributed by atoms with Crippen LogP contribution in [0, 0.1) is 5.92 Å². The number of carboxylic acid groups (broad SMARTS) is 1. The first-order chi connectivity index (χ1) is 8.97. The van der Waals surface area contributed by atoms with Gasteiger partial charge in [0.25, 0.3) is 0 Å². The van der Waals surface area contributed by atoms with Crippen molar-refractivity contribution in [1.29, 1.82) is 0 Å². The molecular formula is C14H19NO4. The first-order valence-corrected chi connectivity index (χ1v) is 6.09. The quantitative estimate of drug-likeness (QED) is 0.764. The molecule has 0 radical (unpaired) electrons. The number of benzene rings is 1. The first kappa shape index (κ1) is 15.2. The summed E-state index contributed by atoms with van der Waals surface area (Å²) in [5, 5.41) is 12.1. The molecule has 104 valence electrons. The lowest BCUT2D eigenvalue weighted by atomic mass is 10.0. The van der Waals surface area contributed by atoms with Crippen LogP contribution in [0.15, 0.2) is 30.3 Å². The third-order valence-electron chi connectivity index (χ3n) is 2.85. The van der Waals surface area contributed by atoms with Gasteiger partial charge in [-0.3, -0.25) is 14.9 Å². The molecule has 0 spiro atoms. The topological polar surface area (TPSA) is 75.6 Å². The van der Waals surface area contributed by atoms with Crippen LogP contribution in [0.4, 0.5) is 0 Å². The van der Waals surface area contributed by atoms with Gasteiger partial charge >= 0.3 is 11.9 Å². The van der Waals surface area contributed by atoms with Crippen molar-refractivity contribution in [2.24, 2.45) is 5.92 Å². The van der Waals surface area contributed by atoms with E-state index >= 15 is 0 Å². The van der Waals surface area contributed by atoms with Gasteiger partial charge in [0, 0.05) is 0 Å². The largest absolute Gasteiger partial charge is 0.480 e. The van der Waals surface area contributed by atoms with E-state index in [-0.39, 0.29) is 5.92 Å². The van der Waals surface area contributed by atoms with E-state index in [9.17, 15) is 14.7 Å². The van der Waals surface area contributed by atoms with E-state index in [1.54, 1.807) is 24.3 Å². The zero-order valence-electron chi connectivity index (χ0n) is 11.3. The molecule has 2 atom stereocenters. The summed E-state index contributed by atoms with van der Waals surface area (Å²) in [7, 11) is 1.29. The van der Waals surface area contributed by atoms with Gasteiger partial charge in [-0.25, -0.2) is 0 Å². The van der Waals surface area contributed by atoms with Crippen molar-refractivity contribution in [1.82, 2.24) is 5.32 Å². The molecule has 0 saturated carbocycles. The third kappa shape index (κ3) is 4.06. The molecule has 0 aliphatic carbocycles. The molecule has 5 heteroatoms. The van der Waals surface area contributed by atoms with Crippen molar-refractivity contribution in [3.8, 4) is 0 Å². The molecule has 1 aromatic carbocycles. The average molecular weight is 265 g/mol. The number of esters is 1. The van der Waals surface area contributed by atoms with Crippen LogP contribution in [0.2, 0.25) is 0 Å². The van der Waals surface area contributed by atoms with Crippen LogP contribution in [-0.4, -0.2) is 30.2 Å². The first-order valence-electron chi connectivity index (χ1n) is 6.09. The molecule has 0 heterocycles. The predicted molar refractivity (Wildman–Crippen MR) is 70.6 cm³/mol. The van der Waals surface area contributed by atoms with Crippen LogP contribution >= 0.6 is 0 Å². The van der Waals surface area contributed by atoms with E-state index in [1.165, 1.54) is 7.11 Å². The second-order valence-corrected chi connectivity index (χ2v) is 4.59. The fourth-order valence-electron chi connectivity index (χ4n) is 1.79. The van der Waals surface area contributed by atoms with Crippen LogP contribution in [0.5, 0.6) is 0 Å². The second kappa shape index (κ2) is 6.89. The van der Waals surface area contributed by atoms with Crippen molar-refractivity contribution >= 4 is 11.9 Å². The molecule has 0 bridgehead atoms. The molecule has 5 nitrogen and oxygen atoms in total. The highest BCUT2D eigenvalue weighted by Crippen LogP contribution is 2.16. The molecule has 0 aliphatic heterocycles. The van der Waals surface area contributed by atoms with Gasteiger partial charge in [0.1, 0.15) is 12.1 Å². The molecule has 1 rings (SSSR count). The Hall–Kier alpha value is -1.88. The summed E-state index contributed by atoms with van der Waals surface area (Å²) < 4.78 is 4.70. The number of hydrogen-bond donors (Lipinski definition) is 2. The molecule has 0 aromatic heterocycles. The normalized spacial score (nSPS) is 13.9. The highest BCUT2D eigenvalue weighted by Gasteiger charge is 2.29. The van der Waals surface area contributed by atoms with Crippen LogP contribution in [0.1, 0.15) is 25.5 Å². The minimum absolute atomic E-state index is 0.0713. The summed E-state index contributed by atoms with van der Waals surface area (Å²) >= 11 is 0. The number of methoxy groups -OCH3 is 1. The van der Waals surface area contributed by atoms with Crippen LogP contribution in [0.3, 0.4) is 0 Å². The summed E-state index contributed by atoms with van der Waals surface area (Å²) in [6, 6.07) is 7.15. The van der Waals surface area contributed by atoms with Crippen molar-refractivity contribution in [3.63, 3.8) is 0 Å². The van der Waals surface area contributed by atoms with Gasteiger partial charge in [0.2, 0.25) is 0 Å². The number of carboxylic acids is 1. The molecule has 19 heavy (non-hydrogen) atoms. The Kier molecular flexibility index (Phi) is 5.51. The zero-order chi connectivity index (χ0) is 14.4. The smallest absolute Gasteiger partial charge is 0.325 e. The van der Waals surface area contributed by atoms with Crippen LogP contribution in [0.25, 0.3) is 0 Å². The maximum Gasteiger partial charge on any atom is 0.325 e. The predicted octanol–water partition coefficient (Wildman–Crippen LogP) is 1.60. The fourth-order valence-corrected chi connectivity index (χ4v) is 1.79. The maximum absolute atomic E-state index is 11.7. The number of carbonyl (C=O) groups excluding carboxylic acids is 1. The molecule has 0 amide bonds. The molecular weight excluding hydrogens is 246 g/mol. The summed E-state index contributed by atoms with van der Waals surface area (Å²) in [5.74, 6) is -1.56. The number of rotatable bonds is 6. The van der Waals surface area contributed by atoms with Gasteiger partial charge in [-0.1, -0.05) is 44.2 Å². The Bertz CT molecular complexity index is 430. The van der Waals surface area contributed by atoms with Crippen molar-refractivity contribution in [2.45, 2.75) is 25.9 Å². The van der Waals surface area contributed by atoms with Crippen molar-refractivity contribution in [3.05, 3.63) is 35.9 Å². The number of nitrogens with one attached hydrogen (secondary N) is 1.